The normalized spacial score (nSPS) is 13.1. The van der Waals surface area contributed by atoms with E-state index in [9.17, 15) is 14.4 Å². The number of aliphatic carboxylic acids is 3. The third-order valence-electron chi connectivity index (χ3n) is 5.11. The van der Waals surface area contributed by atoms with Crippen LogP contribution in [0.25, 0.3) is 0 Å². The summed E-state index contributed by atoms with van der Waals surface area (Å²) in [5.41, 5.74) is 16.6. The van der Waals surface area contributed by atoms with Gasteiger partial charge in [-0.1, -0.05) is 79.4 Å². The summed E-state index contributed by atoms with van der Waals surface area (Å²) in [6.45, 7) is -0.833. The van der Waals surface area contributed by atoms with Gasteiger partial charge in [-0.25, -0.2) is 0 Å². The molecule has 0 atom stereocenters. The number of rotatable bonds is 7. The van der Waals surface area contributed by atoms with Gasteiger partial charge in [-0.2, -0.15) is 0 Å². The second-order valence-corrected chi connectivity index (χ2v) is 8.26. The summed E-state index contributed by atoms with van der Waals surface area (Å²) in [6, 6.07) is 21.7. The van der Waals surface area contributed by atoms with Crippen molar-refractivity contribution in [1.29, 1.82) is 0 Å². The SMILES string of the molecule is C1#CC(Cc2ccccc2)(Cc2ccccc2)CCCCC1.NCC(=O)O.NCC(=O)O.NCC(=O)O. The van der Waals surface area contributed by atoms with Crippen LogP contribution in [-0.2, 0) is 27.2 Å². The molecule has 0 bridgehead atoms. The minimum Gasteiger partial charge on any atom is -0.480 e. The molecule has 0 saturated carbocycles. The van der Waals surface area contributed by atoms with Gasteiger partial charge >= 0.3 is 17.9 Å². The highest BCUT2D eigenvalue weighted by atomic mass is 16.4. The molecule has 1 aliphatic rings. The molecule has 37 heavy (non-hydrogen) atoms. The molecule has 202 valence electrons. The second kappa shape index (κ2) is 20.5. The lowest BCUT2D eigenvalue weighted by Crippen LogP contribution is -2.26. The first kappa shape index (κ1) is 33.3. The van der Waals surface area contributed by atoms with E-state index < -0.39 is 17.9 Å². The standard InChI is InChI=1S/C22H24.3C2H5NO2/c1-2-10-16-22(17-11-3-1,18-20-12-6-4-7-13-20)19-21-14-8-5-9-15-21;3*3-1-2(4)5/h4-9,12-15H,1-3,10,16,18-19H2;3*1,3H2,(H,4,5). The first-order valence-corrected chi connectivity index (χ1v) is 12.0. The van der Waals surface area contributed by atoms with Crippen molar-refractivity contribution in [2.24, 2.45) is 22.6 Å². The Hall–Kier alpha value is -3.71. The van der Waals surface area contributed by atoms with Crippen LogP contribution in [0.1, 0.15) is 43.2 Å². The van der Waals surface area contributed by atoms with Gasteiger partial charge < -0.3 is 32.5 Å². The Kier molecular flexibility index (Phi) is 18.4. The smallest absolute Gasteiger partial charge is 0.317 e. The highest BCUT2D eigenvalue weighted by molar-refractivity contribution is 5.69. The quantitative estimate of drug-likeness (QED) is 0.302. The summed E-state index contributed by atoms with van der Waals surface area (Å²) >= 11 is 0. The van der Waals surface area contributed by atoms with Crippen LogP contribution in [0.2, 0.25) is 0 Å². The fraction of sp³-hybridized carbons (Fsp3) is 0.393. The molecule has 9 N–H and O–H groups in total. The van der Waals surface area contributed by atoms with Gasteiger partial charge in [0.2, 0.25) is 0 Å². The van der Waals surface area contributed by atoms with Crippen molar-refractivity contribution in [1.82, 2.24) is 0 Å². The summed E-state index contributed by atoms with van der Waals surface area (Å²) in [5, 5.41) is 22.8. The molecule has 0 aromatic heterocycles. The summed E-state index contributed by atoms with van der Waals surface area (Å²) in [4.78, 5) is 27.7. The number of hydrogen-bond donors (Lipinski definition) is 6. The Morgan fingerprint density at radius 1 is 0.676 bits per heavy atom. The minimum absolute atomic E-state index is 0.100. The Morgan fingerprint density at radius 3 is 1.41 bits per heavy atom. The fourth-order valence-electron chi connectivity index (χ4n) is 3.47. The zero-order valence-corrected chi connectivity index (χ0v) is 21.1. The van der Waals surface area contributed by atoms with E-state index in [1.807, 2.05) is 0 Å². The van der Waals surface area contributed by atoms with Gasteiger partial charge in [0.15, 0.2) is 0 Å². The molecule has 3 rings (SSSR count). The highest BCUT2D eigenvalue weighted by Crippen LogP contribution is 2.34. The van der Waals surface area contributed by atoms with Crippen LogP contribution in [0.3, 0.4) is 0 Å². The molecule has 0 saturated heterocycles. The molecule has 0 amide bonds. The summed E-state index contributed by atoms with van der Waals surface area (Å²) in [5.74, 6) is 4.25. The average Bonchev–Trinajstić information content (AvgIpc) is 2.88. The van der Waals surface area contributed by atoms with Crippen molar-refractivity contribution in [3.8, 4) is 11.8 Å². The van der Waals surface area contributed by atoms with Crippen LogP contribution in [0.4, 0.5) is 0 Å². The Bertz CT molecular complexity index is 897. The molecular weight excluding hydrogens is 474 g/mol. The molecule has 1 aliphatic carbocycles. The average molecular weight is 514 g/mol. The molecule has 0 spiro atoms. The fourth-order valence-corrected chi connectivity index (χ4v) is 3.47. The number of benzene rings is 2. The number of carboxylic acids is 3. The van der Waals surface area contributed by atoms with Gasteiger partial charge in [0.1, 0.15) is 0 Å². The van der Waals surface area contributed by atoms with Crippen LogP contribution >= 0.6 is 0 Å². The lowest BCUT2D eigenvalue weighted by Gasteiger charge is -2.30. The minimum atomic E-state index is -0.968. The van der Waals surface area contributed by atoms with E-state index in [4.69, 9.17) is 15.3 Å². The van der Waals surface area contributed by atoms with E-state index in [0.29, 0.717) is 0 Å². The van der Waals surface area contributed by atoms with Crippen molar-refractivity contribution in [3.63, 3.8) is 0 Å². The maximum atomic E-state index is 9.24. The molecule has 0 fully saturated rings. The predicted octanol–water partition coefficient (Wildman–Crippen LogP) is 2.51. The number of carbonyl (C=O) groups is 3. The molecular formula is C28H39N3O6. The summed E-state index contributed by atoms with van der Waals surface area (Å²) in [6.07, 6.45) is 8.29. The van der Waals surface area contributed by atoms with Crippen LogP contribution in [0.15, 0.2) is 60.7 Å². The van der Waals surface area contributed by atoms with E-state index >= 15 is 0 Å². The third kappa shape index (κ3) is 18.3. The van der Waals surface area contributed by atoms with Crippen LogP contribution in [-0.4, -0.2) is 52.9 Å². The molecule has 0 aliphatic heterocycles. The monoisotopic (exact) mass is 513 g/mol. The molecule has 2 aromatic rings. The number of nitrogens with two attached hydrogens (primary N) is 3. The van der Waals surface area contributed by atoms with Gasteiger partial charge in [0, 0.05) is 11.8 Å². The maximum Gasteiger partial charge on any atom is 0.317 e. The van der Waals surface area contributed by atoms with E-state index in [-0.39, 0.29) is 25.0 Å². The third-order valence-corrected chi connectivity index (χ3v) is 5.11. The predicted molar refractivity (Wildman–Crippen MR) is 144 cm³/mol. The van der Waals surface area contributed by atoms with Gasteiger partial charge in [-0.15, -0.1) is 5.92 Å². The Balaban J connectivity index is 0.000000711. The molecule has 0 unspecified atom stereocenters. The van der Waals surface area contributed by atoms with Gasteiger partial charge in [-0.05, 0) is 36.8 Å². The van der Waals surface area contributed by atoms with E-state index in [1.54, 1.807) is 0 Å². The first-order valence-electron chi connectivity index (χ1n) is 12.0. The topological polar surface area (TPSA) is 190 Å². The van der Waals surface area contributed by atoms with Gasteiger partial charge in [0.05, 0.1) is 19.6 Å². The van der Waals surface area contributed by atoms with E-state index in [1.165, 1.54) is 36.8 Å². The molecule has 9 heteroatoms. The lowest BCUT2D eigenvalue weighted by atomic mass is 9.72. The Labute approximate surface area is 218 Å². The van der Waals surface area contributed by atoms with Crippen molar-refractivity contribution >= 4 is 17.9 Å². The highest BCUT2D eigenvalue weighted by Gasteiger charge is 2.29. The zero-order chi connectivity index (χ0) is 27.9. The zero-order valence-electron chi connectivity index (χ0n) is 21.1. The van der Waals surface area contributed by atoms with Crippen LogP contribution in [0, 0.1) is 17.3 Å². The van der Waals surface area contributed by atoms with E-state index in [0.717, 1.165) is 19.3 Å². The number of hydrogen-bond acceptors (Lipinski definition) is 6. The molecule has 0 heterocycles. The van der Waals surface area contributed by atoms with Crippen molar-refractivity contribution in [2.45, 2.75) is 44.9 Å². The summed E-state index contributed by atoms with van der Waals surface area (Å²) < 4.78 is 0. The second-order valence-electron chi connectivity index (χ2n) is 8.26. The van der Waals surface area contributed by atoms with Crippen molar-refractivity contribution in [2.75, 3.05) is 19.6 Å². The van der Waals surface area contributed by atoms with Gasteiger partial charge in [-0.3, -0.25) is 14.4 Å². The van der Waals surface area contributed by atoms with E-state index in [2.05, 4.69) is 89.7 Å². The lowest BCUT2D eigenvalue weighted by molar-refractivity contribution is -0.136. The van der Waals surface area contributed by atoms with Gasteiger partial charge in [0.25, 0.3) is 0 Å². The maximum absolute atomic E-state index is 9.24. The van der Waals surface area contributed by atoms with Crippen molar-refractivity contribution < 1.29 is 29.7 Å². The molecule has 0 radical (unpaired) electrons. The molecule has 9 nitrogen and oxygen atoms in total. The summed E-state index contributed by atoms with van der Waals surface area (Å²) in [7, 11) is 0. The first-order chi connectivity index (χ1) is 17.7. The van der Waals surface area contributed by atoms with Crippen LogP contribution in [0.5, 0.6) is 0 Å². The number of carboxylic acid groups (broad SMARTS) is 3. The molecule has 2 aromatic carbocycles. The Morgan fingerprint density at radius 2 is 1.05 bits per heavy atom. The largest absolute Gasteiger partial charge is 0.480 e. The van der Waals surface area contributed by atoms with Crippen LogP contribution < -0.4 is 17.2 Å². The van der Waals surface area contributed by atoms with Crippen molar-refractivity contribution in [3.05, 3.63) is 71.8 Å².